The molecule has 0 bridgehead atoms. The lowest BCUT2D eigenvalue weighted by atomic mass is 9.95. The molecule has 3 heteroatoms. The van der Waals surface area contributed by atoms with Gasteiger partial charge in [0, 0.05) is 19.3 Å². The Hall–Kier alpha value is -1.53. The van der Waals surface area contributed by atoms with Crippen molar-refractivity contribution in [3.8, 4) is 6.07 Å². The molecule has 1 unspecified atom stereocenters. The molecule has 0 aromatic heterocycles. The zero-order valence-electron chi connectivity index (χ0n) is 11.4. The van der Waals surface area contributed by atoms with E-state index in [2.05, 4.69) is 43.0 Å². The summed E-state index contributed by atoms with van der Waals surface area (Å²) in [4.78, 5) is 2.10. The van der Waals surface area contributed by atoms with Gasteiger partial charge in [0.1, 0.15) is 5.54 Å². The van der Waals surface area contributed by atoms with Crippen molar-refractivity contribution in [2.24, 2.45) is 11.7 Å². The summed E-state index contributed by atoms with van der Waals surface area (Å²) in [7, 11) is 2.01. The molecule has 1 atom stereocenters. The second kappa shape index (κ2) is 4.62. The average Bonchev–Trinajstić information content (AvgIpc) is 3.11. The third-order valence-corrected chi connectivity index (χ3v) is 3.66. The van der Waals surface area contributed by atoms with Gasteiger partial charge in [-0.1, -0.05) is 6.07 Å². The zero-order chi connectivity index (χ0) is 13.3. The highest BCUT2D eigenvalue weighted by Gasteiger charge is 2.43. The van der Waals surface area contributed by atoms with Crippen molar-refractivity contribution < 1.29 is 0 Å². The lowest BCUT2D eigenvalue weighted by Gasteiger charge is -2.29. The highest BCUT2D eigenvalue weighted by molar-refractivity contribution is 5.51. The normalized spacial score (nSPS) is 17.9. The number of nitriles is 1. The Bertz CT molecular complexity index is 465. The Labute approximate surface area is 109 Å². The third-order valence-electron chi connectivity index (χ3n) is 3.66. The Balaban J connectivity index is 2.16. The minimum atomic E-state index is -0.702. The number of likely N-dealkylation sites (N-methyl/N-ethyl adjacent to an activating group) is 1. The summed E-state index contributed by atoms with van der Waals surface area (Å²) >= 11 is 0. The van der Waals surface area contributed by atoms with Gasteiger partial charge in [-0.05, 0) is 55.9 Å². The number of rotatable bonds is 4. The molecule has 1 aliphatic rings. The van der Waals surface area contributed by atoms with Gasteiger partial charge in [0.15, 0.2) is 0 Å². The van der Waals surface area contributed by atoms with Gasteiger partial charge >= 0.3 is 0 Å². The predicted molar refractivity (Wildman–Crippen MR) is 74.4 cm³/mol. The van der Waals surface area contributed by atoms with Crippen LogP contribution in [-0.2, 0) is 0 Å². The molecule has 3 nitrogen and oxygen atoms in total. The number of hydrogen-bond donors (Lipinski definition) is 1. The highest BCUT2D eigenvalue weighted by atomic mass is 15.1. The van der Waals surface area contributed by atoms with Crippen LogP contribution in [0.15, 0.2) is 18.2 Å². The van der Waals surface area contributed by atoms with E-state index in [0.717, 1.165) is 18.5 Å². The molecular formula is C15H21N3. The molecule has 0 heterocycles. The maximum atomic E-state index is 9.30. The van der Waals surface area contributed by atoms with E-state index in [4.69, 9.17) is 5.73 Å². The van der Waals surface area contributed by atoms with E-state index in [9.17, 15) is 5.26 Å². The number of benzene rings is 1. The van der Waals surface area contributed by atoms with Crippen LogP contribution in [0.2, 0.25) is 0 Å². The van der Waals surface area contributed by atoms with Gasteiger partial charge in [-0.15, -0.1) is 0 Å². The van der Waals surface area contributed by atoms with Gasteiger partial charge in [-0.3, -0.25) is 0 Å². The summed E-state index contributed by atoms with van der Waals surface area (Å²) in [6.45, 7) is 4.77. The molecule has 2 rings (SSSR count). The first-order chi connectivity index (χ1) is 8.44. The summed E-state index contributed by atoms with van der Waals surface area (Å²) in [5, 5.41) is 9.30. The summed E-state index contributed by atoms with van der Waals surface area (Å²) in [6, 6.07) is 8.73. The van der Waals surface area contributed by atoms with Crippen molar-refractivity contribution >= 4 is 5.69 Å². The van der Waals surface area contributed by atoms with E-state index in [1.54, 1.807) is 0 Å². The molecule has 1 fully saturated rings. The molecule has 1 aliphatic carbocycles. The standard InChI is InChI=1S/C15H21N3/c1-11-6-12(2)8-14(7-11)18(3)10-15(17,9-16)13-4-5-13/h6-8,13H,4-5,10,17H2,1-3H3. The number of anilines is 1. The van der Waals surface area contributed by atoms with Crippen LogP contribution in [0.3, 0.4) is 0 Å². The number of nitrogens with zero attached hydrogens (tertiary/aromatic N) is 2. The van der Waals surface area contributed by atoms with E-state index >= 15 is 0 Å². The van der Waals surface area contributed by atoms with E-state index in [-0.39, 0.29) is 0 Å². The minimum Gasteiger partial charge on any atom is -0.372 e. The van der Waals surface area contributed by atoms with E-state index in [0.29, 0.717) is 12.5 Å². The lowest BCUT2D eigenvalue weighted by molar-refractivity contribution is 0.476. The van der Waals surface area contributed by atoms with Gasteiger partial charge in [0.05, 0.1) is 6.07 Å². The van der Waals surface area contributed by atoms with E-state index in [1.807, 2.05) is 7.05 Å². The monoisotopic (exact) mass is 243 g/mol. The number of hydrogen-bond acceptors (Lipinski definition) is 3. The van der Waals surface area contributed by atoms with Crippen molar-refractivity contribution in [2.45, 2.75) is 32.2 Å². The van der Waals surface area contributed by atoms with Crippen molar-refractivity contribution in [3.63, 3.8) is 0 Å². The van der Waals surface area contributed by atoms with Crippen LogP contribution in [0.4, 0.5) is 5.69 Å². The molecule has 1 saturated carbocycles. The molecule has 0 radical (unpaired) electrons. The predicted octanol–water partition coefficient (Wildman–Crippen LogP) is 2.37. The summed E-state index contributed by atoms with van der Waals surface area (Å²) < 4.78 is 0. The zero-order valence-corrected chi connectivity index (χ0v) is 11.4. The fourth-order valence-corrected chi connectivity index (χ4v) is 2.51. The fraction of sp³-hybridized carbons (Fsp3) is 0.533. The topological polar surface area (TPSA) is 53.0 Å². The second-order valence-corrected chi connectivity index (χ2v) is 5.63. The molecule has 0 saturated heterocycles. The van der Waals surface area contributed by atoms with Crippen molar-refractivity contribution in [1.29, 1.82) is 5.26 Å². The Morgan fingerprint density at radius 3 is 2.33 bits per heavy atom. The van der Waals surface area contributed by atoms with E-state index in [1.165, 1.54) is 11.1 Å². The molecule has 0 amide bonds. The molecule has 1 aromatic rings. The van der Waals surface area contributed by atoms with Crippen LogP contribution in [0.25, 0.3) is 0 Å². The van der Waals surface area contributed by atoms with Crippen molar-refractivity contribution in [3.05, 3.63) is 29.3 Å². The molecule has 2 N–H and O–H groups in total. The summed E-state index contributed by atoms with van der Waals surface area (Å²) in [5.41, 5.74) is 9.13. The van der Waals surface area contributed by atoms with Gasteiger partial charge in [-0.2, -0.15) is 5.26 Å². The summed E-state index contributed by atoms with van der Waals surface area (Å²) in [5.74, 6) is 0.371. The SMILES string of the molecule is Cc1cc(C)cc(N(C)CC(N)(C#N)C2CC2)c1. The molecule has 96 valence electrons. The van der Waals surface area contributed by atoms with Crippen LogP contribution < -0.4 is 10.6 Å². The maximum Gasteiger partial charge on any atom is 0.124 e. The molecule has 1 aromatic carbocycles. The van der Waals surface area contributed by atoms with Crippen LogP contribution in [-0.4, -0.2) is 19.1 Å². The van der Waals surface area contributed by atoms with Crippen LogP contribution in [0.1, 0.15) is 24.0 Å². The van der Waals surface area contributed by atoms with Gasteiger partial charge in [0.2, 0.25) is 0 Å². The number of nitrogens with two attached hydrogens (primary N) is 1. The summed E-state index contributed by atoms with van der Waals surface area (Å²) in [6.07, 6.45) is 2.18. The smallest absolute Gasteiger partial charge is 0.124 e. The molecule has 0 aliphatic heterocycles. The highest BCUT2D eigenvalue weighted by Crippen LogP contribution is 2.38. The maximum absolute atomic E-state index is 9.30. The Morgan fingerprint density at radius 1 is 1.33 bits per heavy atom. The van der Waals surface area contributed by atoms with Gasteiger partial charge < -0.3 is 10.6 Å². The van der Waals surface area contributed by atoms with Crippen LogP contribution in [0, 0.1) is 31.1 Å². The first kappa shape index (κ1) is 12.9. The first-order valence-corrected chi connectivity index (χ1v) is 6.44. The molecule has 18 heavy (non-hydrogen) atoms. The van der Waals surface area contributed by atoms with Gasteiger partial charge in [-0.25, -0.2) is 0 Å². The Kier molecular flexibility index (Phi) is 3.32. The average molecular weight is 243 g/mol. The quantitative estimate of drug-likeness (QED) is 0.883. The number of aryl methyl sites for hydroxylation is 2. The largest absolute Gasteiger partial charge is 0.372 e. The van der Waals surface area contributed by atoms with Crippen molar-refractivity contribution in [1.82, 2.24) is 0 Å². The Morgan fingerprint density at radius 2 is 1.89 bits per heavy atom. The van der Waals surface area contributed by atoms with Crippen LogP contribution in [0.5, 0.6) is 0 Å². The molecular weight excluding hydrogens is 222 g/mol. The van der Waals surface area contributed by atoms with Gasteiger partial charge in [0.25, 0.3) is 0 Å². The lowest BCUT2D eigenvalue weighted by Crippen LogP contribution is -2.50. The van der Waals surface area contributed by atoms with Crippen molar-refractivity contribution in [2.75, 3.05) is 18.5 Å². The first-order valence-electron chi connectivity index (χ1n) is 6.44. The fourth-order valence-electron chi connectivity index (χ4n) is 2.51. The minimum absolute atomic E-state index is 0.371. The van der Waals surface area contributed by atoms with E-state index < -0.39 is 5.54 Å². The third kappa shape index (κ3) is 2.65. The second-order valence-electron chi connectivity index (χ2n) is 5.63. The molecule has 0 spiro atoms. The van der Waals surface area contributed by atoms with Crippen LogP contribution >= 0.6 is 0 Å².